The molecule has 2 rings (SSSR count). The van der Waals surface area contributed by atoms with Gasteiger partial charge >= 0.3 is 0 Å². The summed E-state index contributed by atoms with van der Waals surface area (Å²) in [7, 11) is 0. The van der Waals surface area contributed by atoms with E-state index in [-0.39, 0.29) is 11.9 Å². The SMILES string of the molecule is CCCc1cc(C(=O)NC2CCCC(C)(C)C2)cc(Cl)n1. The lowest BCUT2D eigenvalue weighted by Gasteiger charge is -2.35. The van der Waals surface area contributed by atoms with Crippen molar-refractivity contribution in [1.82, 2.24) is 10.3 Å². The fourth-order valence-corrected chi connectivity index (χ4v) is 3.38. The average molecular weight is 309 g/mol. The van der Waals surface area contributed by atoms with Crippen LogP contribution in [0.1, 0.15) is 68.9 Å². The van der Waals surface area contributed by atoms with Gasteiger partial charge in [0, 0.05) is 17.3 Å². The van der Waals surface area contributed by atoms with Gasteiger partial charge in [-0.05, 0) is 43.2 Å². The summed E-state index contributed by atoms with van der Waals surface area (Å²) in [5.41, 5.74) is 1.83. The normalized spacial score (nSPS) is 21.0. The maximum absolute atomic E-state index is 12.4. The van der Waals surface area contributed by atoms with Gasteiger partial charge in [-0.1, -0.05) is 45.2 Å². The molecule has 0 aromatic carbocycles. The van der Waals surface area contributed by atoms with E-state index in [0.717, 1.165) is 31.4 Å². The summed E-state index contributed by atoms with van der Waals surface area (Å²) in [6.45, 7) is 6.63. The van der Waals surface area contributed by atoms with Gasteiger partial charge in [0.05, 0.1) is 0 Å². The molecule has 116 valence electrons. The average Bonchev–Trinajstić information content (AvgIpc) is 2.37. The number of nitrogens with zero attached hydrogens (tertiary/aromatic N) is 1. The highest BCUT2D eigenvalue weighted by Crippen LogP contribution is 2.35. The molecule has 21 heavy (non-hydrogen) atoms. The fourth-order valence-electron chi connectivity index (χ4n) is 3.16. The molecule has 0 radical (unpaired) electrons. The van der Waals surface area contributed by atoms with Crippen LogP contribution in [0.4, 0.5) is 0 Å². The topological polar surface area (TPSA) is 42.0 Å². The van der Waals surface area contributed by atoms with Gasteiger partial charge < -0.3 is 5.32 Å². The largest absolute Gasteiger partial charge is 0.349 e. The molecule has 0 spiro atoms. The van der Waals surface area contributed by atoms with Crippen LogP contribution in [0, 0.1) is 5.41 Å². The number of pyridine rings is 1. The molecular formula is C17H25ClN2O. The van der Waals surface area contributed by atoms with Crippen molar-refractivity contribution in [1.29, 1.82) is 0 Å². The van der Waals surface area contributed by atoms with Crippen molar-refractivity contribution >= 4 is 17.5 Å². The molecule has 1 saturated carbocycles. The molecule has 0 bridgehead atoms. The van der Waals surface area contributed by atoms with Crippen LogP contribution in [0.15, 0.2) is 12.1 Å². The van der Waals surface area contributed by atoms with E-state index in [4.69, 9.17) is 11.6 Å². The Hall–Kier alpha value is -1.09. The lowest BCUT2D eigenvalue weighted by Crippen LogP contribution is -2.40. The van der Waals surface area contributed by atoms with Crippen LogP contribution in [0.3, 0.4) is 0 Å². The number of carbonyl (C=O) groups excluding carboxylic acids is 1. The summed E-state index contributed by atoms with van der Waals surface area (Å²) in [4.78, 5) is 16.7. The Bertz CT molecular complexity index is 514. The van der Waals surface area contributed by atoms with Crippen LogP contribution in [0.2, 0.25) is 5.15 Å². The zero-order chi connectivity index (χ0) is 15.5. The number of halogens is 1. The maximum Gasteiger partial charge on any atom is 0.251 e. The van der Waals surface area contributed by atoms with Gasteiger partial charge in [0.2, 0.25) is 0 Å². The first kappa shape index (κ1) is 16.3. The summed E-state index contributed by atoms with van der Waals surface area (Å²) < 4.78 is 0. The summed E-state index contributed by atoms with van der Waals surface area (Å²) in [6, 6.07) is 3.78. The van der Waals surface area contributed by atoms with Crippen molar-refractivity contribution in [2.45, 2.75) is 65.3 Å². The van der Waals surface area contributed by atoms with Crippen molar-refractivity contribution in [3.63, 3.8) is 0 Å². The van der Waals surface area contributed by atoms with E-state index in [0.29, 0.717) is 16.1 Å². The summed E-state index contributed by atoms with van der Waals surface area (Å²) in [6.07, 6.45) is 6.36. The molecule has 3 nitrogen and oxygen atoms in total. The fraction of sp³-hybridized carbons (Fsp3) is 0.647. The van der Waals surface area contributed by atoms with Crippen molar-refractivity contribution in [2.24, 2.45) is 5.41 Å². The molecule has 1 amide bonds. The molecule has 1 N–H and O–H groups in total. The van der Waals surface area contributed by atoms with Crippen LogP contribution in [0.25, 0.3) is 0 Å². The van der Waals surface area contributed by atoms with E-state index in [1.165, 1.54) is 12.8 Å². The van der Waals surface area contributed by atoms with Gasteiger partial charge in [0.25, 0.3) is 5.91 Å². The van der Waals surface area contributed by atoms with E-state index in [1.807, 2.05) is 6.07 Å². The van der Waals surface area contributed by atoms with E-state index in [2.05, 4.69) is 31.1 Å². The molecular weight excluding hydrogens is 284 g/mol. The van der Waals surface area contributed by atoms with Crippen LogP contribution < -0.4 is 5.32 Å². The predicted octanol–water partition coefficient (Wildman–Crippen LogP) is 4.39. The molecule has 1 fully saturated rings. The number of aryl methyl sites for hydroxylation is 1. The Labute approximate surface area is 132 Å². The zero-order valence-electron chi connectivity index (χ0n) is 13.2. The van der Waals surface area contributed by atoms with Gasteiger partial charge in [0.1, 0.15) is 5.15 Å². The van der Waals surface area contributed by atoms with Crippen LogP contribution in [-0.4, -0.2) is 16.9 Å². The first-order valence-electron chi connectivity index (χ1n) is 7.87. The highest BCUT2D eigenvalue weighted by Gasteiger charge is 2.29. The van der Waals surface area contributed by atoms with E-state index in [9.17, 15) is 4.79 Å². The quantitative estimate of drug-likeness (QED) is 0.838. The summed E-state index contributed by atoms with van der Waals surface area (Å²) in [5.74, 6) is -0.0284. The molecule has 1 aliphatic rings. The van der Waals surface area contributed by atoms with Crippen molar-refractivity contribution in [2.75, 3.05) is 0 Å². The van der Waals surface area contributed by atoms with Crippen molar-refractivity contribution in [3.8, 4) is 0 Å². The van der Waals surface area contributed by atoms with Crippen molar-refractivity contribution < 1.29 is 4.79 Å². The zero-order valence-corrected chi connectivity index (χ0v) is 14.0. The Morgan fingerprint density at radius 3 is 2.90 bits per heavy atom. The molecule has 4 heteroatoms. The second-order valence-electron chi connectivity index (χ2n) is 6.85. The highest BCUT2D eigenvalue weighted by atomic mass is 35.5. The Kier molecular flexibility index (Phi) is 5.26. The van der Waals surface area contributed by atoms with Gasteiger partial charge in [0.15, 0.2) is 0 Å². The number of rotatable bonds is 4. The molecule has 0 saturated heterocycles. The van der Waals surface area contributed by atoms with E-state index < -0.39 is 0 Å². The minimum absolute atomic E-state index is 0.0284. The monoisotopic (exact) mass is 308 g/mol. The molecule has 1 aromatic heterocycles. The molecule has 1 unspecified atom stereocenters. The van der Waals surface area contributed by atoms with Gasteiger partial charge in [-0.25, -0.2) is 4.98 Å². The first-order valence-corrected chi connectivity index (χ1v) is 8.25. The van der Waals surface area contributed by atoms with Gasteiger partial charge in [-0.2, -0.15) is 0 Å². The third-order valence-corrected chi connectivity index (χ3v) is 4.35. The lowest BCUT2D eigenvalue weighted by molar-refractivity contribution is 0.0902. The van der Waals surface area contributed by atoms with Crippen molar-refractivity contribution in [3.05, 3.63) is 28.5 Å². The standard InChI is InChI=1S/C17H25ClN2O/c1-4-6-13-9-12(10-15(18)19-13)16(21)20-14-7-5-8-17(2,3)11-14/h9-10,14H,4-8,11H2,1-3H3,(H,20,21). The number of amides is 1. The van der Waals surface area contributed by atoms with Crippen LogP contribution in [-0.2, 0) is 6.42 Å². The van der Waals surface area contributed by atoms with Gasteiger partial charge in [-0.3, -0.25) is 4.79 Å². The predicted molar refractivity (Wildman–Crippen MR) is 86.7 cm³/mol. The lowest BCUT2D eigenvalue weighted by atomic mass is 9.75. The maximum atomic E-state index is 12.4. The van der Waals surface area contributed by atoms with Gasteiger partial charge in [-0.15, -0.1) is 0 Å². The summed E-state index contributed by atoms with van der Waals surface area (Å²) in [5, 5.41) is 3.56. The number of hydrogen-bond donors (Lipinski definition) is 1. The smallest absolute Gasteiger partial charge is 0.251 e. The second kappa shape index (κ2) is 6.78. The van der Waals surface area contributed by atoms with Crippen LogP contribution >= 0.6 is 11.6 Å². The molecule has 0 aliphatic heterocycles. The summed E-state index contributed by atoms with van der Waals surface area (Å²) >= 11 is 6.03. The molecule has 1 heterocycles. The number of aromatic nitrogens is 1. The minimum atomic E-state index is -0.0284. The molecule has 1 aromatic rings. The van der Waals surface area contributed by atoms with E-state index >= 15 is 0 Å². The molecule has 1 atom stereocenters. The number of nitrogens with one attached hydrogen (secondary N) is 1. The Morgan fingerprint density at radius 1 is 1.48 bits per heavy atom. The number of hydrogen-bond acceptors (Lipinski definition) is 2. The minimum Gasteiger partial charge on any atom is -0.349 e. The Balaban J connectivity index is 2.06. The Morgan fingerprint density at radius 2 is 2.24 bits per heavy atom. The highest BCUT2D eigenvalue weighted by molar-refractivity contribution is 6.29. The number of carbonyl (C=O) groups is 1. The second-order valence-corrected chi connectivity index (χ2v) is 7.24. The first-order chi connectivity index (χ1) is 9.89. The third kappa shape index (κ3) is 4.70. The molecule has 1 aliphatic carbocycles. The van der Waals surface area contributed by atoms with E-state index in [1.54, 1.807) is 6.07 Å². The van der Waals surface area contributed by atoms with Crippen LogP contribution in [0.5, 0.6) is 0 Å². The third-order valence-electron chi connectivity index (χ3n) is 4.16.